The first-order valence-electron chi connectivity index (χ1n) is 19.4. The highest BCUT2D eigenvalue weighted by Gasteiger charge is 2.31. The van der Waals surface area contributed by atoms with Crippen molar-refractivity contribution in [2.24, 2.45) is 5.73 Å². The van der Waals surface area contributed by atoms with Gasteiger partial charge in [0.25, 0.3) is 5.91 Å². The van der Waals surface area contributed by atoms with Crippen LogP contribution in [0.5, 0.6) is 0 Å². The van der Waals surface area contributed by atoms with Gasteiger partial charge in [0, 0.05) is 58.7 Å². The van der Waals surface area contributed by atoms with Crippen LogP contribution in [0, 0.1) is 0 Å². The number of nitrogens with zero attached hydrogens (tertiary/aromatic N) is 4. The second kappa shape index (κ2) is 21.7. The van der Waals surface area contributed by atoms with Gasteiger partial charge in [-0.15, -0.1) is 0 Å². The molecule has 0 radical (unpaired) electrons. The Kier molecular flexibility index (Phi) is 16.8. The van der Waals surface area contributed by atoms with Gasteiger partial charge in [-0.1, -0.05) is 83.9 Å². The Morgan fingerprint density at radius 1 is 0.619 bits per heavy atom. The first kappa shape index (κ1) is 48.6. The number of ketones is 2. The van der Waals surface area contributed by atoms with Gasteiger partial charge in [-0.2, -0.15) is 8.78 Å². The van der Waals surface area contributed by atoms with Crippen molar-refractivity contribution < 1.29 is 49.6 Å². The molecule has 0 unspecified atom stereocenters. The van der Waals surface area contributed by atoms with Crippen LogP contribution in [0.3, 0.4) is 0 Å². The van der Waals surface area contributed by atoms with E-state index in [9.17, 15) is 49.6 Å². The molecule has 2 fully saturated rings. The topological polar surface area (TPSA) is 205 Å². The van der Waals surface area contributed by atoms with Crippen molar-refractivity contribution in [3.05, 3.63) is 129 Å². The summed E-state index contributed by atoms with van der Waals surface area (Å²) in [6, 6.07) is 26.4. The van der Waals surface area contributed by atoms with Crippen molar-refractivity contribution in [3.8, 4) is 0 Å². The fourth-order valence-corrected chi connectivity index (χ4v) is 9.29. The van der Waals surface area contributed by atoms with Crippen LogP contribution in [-0.2, 0) is 37.6 Å². The molecule has 6 rings (SSSR count). The Labute approximate surface area is 373 Å². The molecule has 0 aromatic heterocycles. The highest BCUT2D eigenvalue weighted by Crippen LogP contribution is 2.27. The van der Waals surface area contributed by atoms with Crippen LogP contribution in [0.4, 0.5) is 29.7 Å². The number of benzene rings is 4. The highest BCUT2D eigenvalue weighted by molar-refractivity contribution is 7.91. The van der Waals surface area contributed by atoms with Crippen molar-refractivity contribution in [2.45, 2.75) is 19.5 Å². The molecule has 21 heteroatoms. The van der Waals surface area contributed by atoms with E-state index in [1.54, 1.807) is 65.6 Å². The second-order valence-electron chi connectivity index (χ2n) is 14.4. The molecule has 5 amide bonds. The summed E-state index contributed by atoms with van der Waals surface area (Å²) in [6.45, 7) is -0.0204. The van der Waals surface area contributed by atoms with Crippen molar-refractivity contribution in [1.29, 1.82) is 0 Å². The molecule has 0 bridgehead atoms. The van der Waals surface area contributed by atoms with Crippen LogP contribution in [0.2, 0.25) is 10.0 Å². The van der Waals surface area contributed by atoms with Crippen LogP contribution in [0.1, 0.15) is 31.8 Å². The number of Topliss-reactive ketones (excluding diaryl/α,β-unsaturated/α-hetero) is 2. The number of nitrogens with two attached hydrogens (primary N) is 1. The Hall–Kier alpha value is -5.47. The zero-order valence-corrected chi connectivity index (χ0v) is 36.8. The number of carbonyl (C=O) groups excluding carboxylic acids is 5. The van der Waals surface area contributed by atoms with Crippen molar-refractivity contribution in [1.82, 2.24) is 15.1 Å². The summed E-state index contributed by atoms with van der Waals surface area (Å²) < 4.78 is 71.5. The molecule has 2 aliphatic heterocycles. The number of nitrogens with one attached hydrogen (secondary N) is 1. The van der Waals surface area contributed by atoms with Gasteiger partial charge in [0.05, 0.1) is 49.2 Å². The lowest BCUT2D eigenvalue weighted by Crippen LogP contribution is -2.49. The number of amides is 5. The number of para-hydroxylation sites is 2. The van der Waals surface area contributed by atoms with E-state index in [1.165, 1.54) is 32.9 Å². The van der Waals surface area contributed by atoms with Gasteiger partial charge < -0.3 is 20.9 Å². The third kappa shape index (κ3) is 13.5. The molecule has 63 heavy (non-hydrogen) atoms. The molecule has 0 saturated carbocycles. The van der Waals surface area contributed by atoms with Crippen LogP contribution >= 0.6 is 23.2 Å². The number of alkyl halides is 2. The lowest BCUT2D eigenvalue weighted by molar-refractivity contribution is -0.131. The number of halogens is 4. The molecule has 2 aliphatic rings. The van der Waals surface area contributed by atoms with Gasteiger partial charge in [0.15, 0.2) is 31.2 Å². The Morgan fingerprint density at radius 2 is 1.00 bits per heavy atom. The summed E-state index contributed by atoms with van der Waals surface area (Å²) in [5.41, 5.74) is 8.35. The van der Waals surface area contributed by atoms with Gasteiger partial charge >= 0.3 is 18.5 Å². The van der Waals surface area contributed by atoms with E-state index in [0.717, 1.165) is 0 Å². The third-order valence-corrected chi connectivity index (χ3v) is 14.0. The van der Waals surface area contributed by atoms with Crippen molar-refractivity contribution >= 4 is 83.8 Å². The van der Waals surface area contributed by atoms with Gasteiger partial charge in [-0.3, -0.25) is 24.2 Å². The van der Waals surface area contributed by atoms with Crippen LogP contribution in [0.15, 0.2) is 97.1 Å². The van der Waals surface area contributed by atoms with Crippen molar-refractivity contribution in [3.63, 3.8) is 0 Å². The Morgan fingerprint density at radius 3 is 1.35 bits per heavy atom. The number of sulfone groups is 2. The summed E-state index contributed by atoms with van der Waals surface area (Å²) in [6.07, 6.45) is -3.22. The largest absolute Gasteiger partial charge is 0.344 e. The summed E-state index contributed by atoms with van der Waals surface area (Å²) in [5.74, 6) is -2.67. The van der Waals surface area contributed by atoms with Gasteiger partial charge in [-0.05, 0) is 47.5 Å². The Bertz CT molecular complexity index is 2510. The molecule has 2 saturated heterocycles. The maximum absolute atomic E-state index is 13.3. The van der Waals surface area contributed by atoms with E-state index in [0.29, 0.717) is 33.1 Å². The van der Waals surface area contributed by atoms with Gasteiger partial charge in [-0.25, -0.2) is 26.4 Å². The average molecular weight is 950 g/mol. The van der Waals surface area contributed by atoms with E-state index in [4.69, 9.17) is 28.9 Å². The molecule has 2 heterocycles. The molecule has 3 N–H and O–H groups in total. The Balaban J connectivity index is 0.000000240. The van der Waals surface area contributed by atoms with Crippen LogP contribution in [-0.4, -0.2) is 125 Å². The number of anilines is 2. The lowest BCUT2D eigenvalue weighted by atomic mass is 10.1. The number of carbonyl (C=O) groups is 5. The molecule has 0 aliphatic carbocycles. The fourth-order valence-electron chi connectivity index (χ4n) is 6.41. The minimum atomic E-state index is -3.22. The predicted octanol–water partition coefficient (Wildman–Crippen LogP) is 5.10. The first-order valence-corrected chi connectivity index (χ1v) is 23.8. The SMILES string of the molecule is NCC(=O)c1ccc(CN(C(=O)N2CCS(=O)(=O)CC2)c2ccccc2)c(Cl)c1.O=C(CNC(=O)C(F)F)c1ccc(CN(C(=O)N2CCS(=O)(=O)CC2)c2ccccc2)c(Cl)c1. The number of rotatable bonds is 12. The van der Waals surface area contributed by atoms with E-state index < -0.39 is 44.3 Å². The quantitative estimate of drug-likeness (QED) is 0.180. The normalized spacial score (nSPS) is 15.4. The van der Waals surface area contributed by atoms with E-state index in [-0.39, 0.29) is 97.3 Å². The standard InChI is InChI=1S/C22H22ClF2N3O5S.C20H22ClN3O4S/c23-18-12-15(19(29)13-26-21(30)20(24)25)6-7-16(18)14-28(17-4-2-1-3-5-17)22(31)27-8-10-34(32,33)11-9-27;21-18-12-15(19(25)13-22)6-7-16(18)14-24(17-4-2-1-3-5-17)20(26)23-8-10-29(27,28)11-9-23/h1-7,12,20H,8-11,13-14H2,(H,26,30);1-7,12H,8-11,13-14,22H2. The predicted molar refractivity (Wildman–Crippen MR) is 236 cm³/mol. The minimum absolute atomic E-state index is 0.0432. The van der Waals surface area contributed by atoms with E-state index in [2.05, 4.69) is 0 Å². The molecule has 4 aromatic rings. The molecule has 15 nitrogen and oxygen atoms in total. The van der Waals surface area contributed by atoms with Crippen LogP contribution < -0.4 is 20.9 Å². The molecular formula is C42H44Cl2F2N6O9S2. The number of hydrogen-bond donors (Lipinski definition) is 2. The molecular weight excluding hydrogens is 906 g/mol. The maximum Gasteiger partial charge on any atom is 0.324 e. The lowest BCUT2D eigenvalue weighted by Gasteiger charge is -2.33. The van der Waals surface area contributed by atoms with Gasteiger partial charge in [0.1, 0.15) is 0 Å². The first-order chi connectivity index (χ1) is 29.9. The highest BCUT2D eigenvalue weighted by atomic mass is 35.5. The number of hydrogen-bond acceptors (Lipinski definition) is 10. The summed E-state index contributed by atoms with van der Waals surface area (Å²) in [7, 11) is -6.26. The monoisotopic (exact) mass is 948 g/mol. The summed E-state index contributed by atoms with van der Waals surface area (Å²) >= 11 is 12.7. The number of urea groups is 2. The molecule has 4 aromatic carbocycles. The second-order valence-corrected chi connectivity index (χ2v) is 19.8. The van der Waals surface area contributed by atoms with Gasteiger partial charge in [0.2, 0.25) is 0 Å². The van der Waals surface area contributed by atoms with Crippen molar-refractivity contribution in [2.75, 3.05) is 72.1 Å². The summed E-state index contributed by atoms with van der Waals surface area (Å²) in [4.78, 5) is 67.4. The van der Waals surface area contributed by atoms with E-state index in [1.807, 2.05) is 23.5 Å². The molecule has 0 atom stereocenters. The molecule has 0 spiro atoms. The minimum Gasteiger partial charge on any atom is -0.344 e. The van der Waals surface area contributed by atoms with Crippen LogP contribution in [0.25, 0.3) is 0 Å². The molecule has 336 valence electrons. The fraction of sp³-hybridized carbons (Fsp3) is 0.310. The zero-order valence-electron chi connectivity index (χ0n) is 33.7. The average Bonchev–Trinajstić information content (AvgIpc) is 3.27. The van der Waals surface area contributed by atoms with E-state index >= 15 is 0 Å². The zero-order chi connectivity index (χ0) is 45.9. The third-order valence-electron chi connectivity index (χ3n) is 10.0. The maximum atomic E-state index is 13.3. The smallest absolute Gasteiger partial charge is 0.324 e. The summed E-state index contributed by atoms with van der Waals surface area (Å²) in [5, 5.41) is 2.37.